The molecule has 0 fully saturated rings. The molecule has 86 valence electrons. The van der Waals surface area contributed by atoms with Gasteiger partial charge in [0, 0.05) is 11.8 Å². The maximum absolute atomic E-state index is 10.7. The van der Waals surface area contributed by atoms with Gasteiger partial charge in [0.2, 0.25) is 0 Å². The van der Waals surface area contributed by atoms with Crippen molar-refractivity contribution in [2.75, 3.05) is 5.32 Å². The molecule has 0 bridgehead atoms. The number of pyridine rings is 1. The predicted octanol–water partition coefficient (Wildman–Crippen LogP) is 2.89. The summed E-state index contributed by atoms with van der Waals surface area (Å²) in [6.45, 7) is 0. The van der Waals surface area contributed by atoms with Gasteiger partial charge in [0.05, 0.1) is 16.4 Å². The minimum atomic E-state index is -0.641. The lowest BCUT2D eigenvalue weighted by Crippen LogP contribution is -2.19. The number of nitrogens with two attached hydrogens (primary N) is 1. The number of carbonyl (C=O) groups is 1. The number of hydrogen-bond donors (Lipinski definition) is 2. The first-order valence-corrected chi connectivity index (χ1v) is 5.32. The molecule has 0 spiro atoms. The highest BCUT2D eigenvalue weighted by molar-refractivity contribution is 6.34. The van der Waals surface area contributed by atoms with Crippen LogP contribution in [0.15, 0.2) is 42.6 Å². The molecular formula is C12H10ClN3O. The predicted molar refractivity (Wildman–Crippen MR) is 67.9 cm³/mol. The minimum absolute atomic E-state index is 0.423. The van der Waals surface area contributed by atoms with Gasteiger partial charge in [0.15, 0.2) is 0 Å². The number of aromatic nitrogens is 1. The quantitative estimate of drug-likeness (QED) is 0.857. The molecule has 2 rings (SSSR count). The van der Waals surface area contributed by atoms with Gasteiger partial charge >= 0.3 is 6.03 Å². The molecule has 0 aliphatic carbocycles. The Hall–Kier alpha value is -2.07. The van der Waals surface area contributed by atoms with Crippen molar-refractivity contribution in [3.05, 3.63) is 47.6 Å². The van der Waals surface area contributed by atoms with E-state index in [2.05, 4.69) is 10.3 Å². The Kier molecular flexibility index (Phi) is 3.25. The topological polar surface area (TPSA) is 68.0 Å². The van der Waals surface area contributed by atoms with Crippen LogP contribution in [-0.4, -0.2) is 11.0 Å². The van der Waals surface area contributed by atoms with E-state index in [1.165, 1.54) is 0 Å². The van der Waals surface area contributed by atoms with E-state index in [4.69, 9.17) is 17.3 Å². The second-order valence-corrected chi connectivity index (χ2v) is 3.81. The average molecular weight is 248 g/mol. The number of amides is 2. The smallest absolute Gasteiger partial charge is 0.316 e. The summed E-state index contributed by atoms with van der Waals surface area (Å²) in [5.41, 5.74) is 7.21. The van der Waals surface area contributed by atoms with E-state index in [0.717, 1.165) is 11.3 Å². The van der Waals surface area contributed by atoms with Crippen LogP contribution in [0.2, 0.25) is 5.02 Å². The first-order chi connectivity index (χ1) is 8.16. The zero-order chi connectivity index (χ0) is 12.3. The van der Waals surface area contributed by atoms with Crippen LogP contribution in [0.1, 0.15) is 0 Å². The van der Waals surface area contributed by atoms with Crippen LogP contribution in [0.5, 0.6) is 0 Å². The van der Waals surface area contributed by atoms with E-state index in [9.17, 15) is 4.79 Å². The van der Waals surface area contributed by atoms with E-state index in [1.54, 1.807) is 18.3 Å². The molecule has 5 heteroatoms. The highest BCUT2D eigenvalue weighted by Crippen LogP contribution is 2.27. The van der Waals surface area contributed by atoms with E-state index >= 15 is 0 Å². The van der Waals surface area contributed by atoms with Gasteiger partial charge in [0.1, 0.15) is 0 Å². The average Bonchev–Trinajstić information content (AvgIpc) is 2.32. The normalized spacial score (nSPS) is 9.94. The molecule has 2 aromatic rings. The summed E-state index contributed by atoms with van der Waals surface area (Å²) in [6, 6.07) is 10.2. The standard InChI is InChI=1S/C12H10ClN3O/c13-9-7-8(10-3-1-2-6-15-10)4-5-11(9)16-12(14)17/h1-7H,(H3,14,16,17). The fraction of sp³-hybridized carbons (Fsp3) is 0. The lowest BCUT2D eigenvalue weighted by atomic mass is 10.1. The highest BCUT2D eigenvalue weighted by Gasteiger charge is 2.05. The summed E-state index contributed by atoms with van der Waals surface area (Å²) < 4.78 is 0. The summed E-state index contributed by atoms with van der Waals surface area (Å²) in [7, 11) is 0. The SMILES string of the molecule is NC(=O)Nc1ccc(-c2ccccn2)cc1Cl. The number of primary amides is 1. The molecule has 2 amide bonds. The number of carbonyl (C=O) groups excluding carboxylic acids is 1. The van der Waals surface area contributed by atoms with Crippen LogP contribution < -0.4 is 11.1 Å². The third kappa shape index (κ3) is 2.73. The molecule has 4 nitrogen and oxygen atoms in total. The highest BCUT2D eigenvalue weighted by atomic mass is 35.5. The zero-order valence-corrected chi connectivity index (χ0v) is 9.61. The number of urea groups is 1. The Morgan fingerprint density at radius 1 is 1.29 bits per heavy atom. The van der Waals surface area contributed by atoms with E-state index in [1.807, 2.05) is 24.3 Å². The number of nitrogens with zero attached hydrogens (tertiary/aromatic N) is 1. The van der Waals surface area contributed by atoms with Gasteiger partial charge in [-0.1, -0.05) is 23.7 Å². The number of anilines is 1. The molecule has 0 unspecified atom stereocenters. The third-order valence-electron chi connectivity index (χ3n) is 2.19. The molecule has 1 aromatic heterocycles. The van der Waals surface area contributed by atoms with Crippen molar-refractivity contribution in [1.82, 2.24) is 4.98 Å². The first kappa shape index (κ1) is 11.4. The maximum atomic E-state index is 10.7. The van der Waals surface area contributed by atoms with Gasteiger partial charge in [-0.15, -0.1) is 0 Å². The Labute approximate surface area is 103 Å². The van der Waals surface area contributed by atoms with Gasteiger partial charge in [-0.05, 0) is 24.3 Å². The fourth-order valence-corrected chi connectivity index (χ4v) is 1.67. The summed E-state index contributed by atoms with van der Waals surface area (Å²) >= 11 is 6.03. The second-order valence-electron chi connectivity index (χ2n) is 3.40. The Morgan fingerprint density at radius 3 is 2.71 bits per heavy atom. The van der Waals surface area contributed by atoms with Crippen LogP contribution >= 0.6 is 11.6 Å². The van der Waals surface area contributed by atoms with Crippen LogP contribution in [0.4, 0.5) is 10.5 Å². The Bertz CT molecular complexity index is 543. The molecular weight excluding hydrogens is 238 g/mol. The van der Waals surface area contributed by atoms with E-state index in [0.29, 0.717) is 10.7 Å². The molecule has 1 aromatic carbocycles. The fourth-order valence-electron chi connectivity index (χ4n) is 1.44. The van der Waals surface area contributed by atoms with Crippen molar-refractivity contribution in [3.8, 4) is 11.3 Å². The Morgan fingerprint density at radius 2 is 2.12 bits per heavy atom. The molecule has 0 saturated heterocycles. The molecule has 0 aliphatic heterocycles. The summed E-state index contributed by atoms with van der Waals surface area (Å²) in [4.78, 5) is 14.9. The number of hydrogen-bond acceptors (Lipinski definition) is 2. The number of halogens is 1. The minimum Gasteiger partial charge on any atom is -0.351 e. The summed E-state index contributed by atoms with van der Waals surface area (Å²) in [6.07, 6.45) is 1.71. The van der Waals surface area contributed by atoms with Crippen molar-refractivity contribution in [2.24, 2.45) is 5.73 Å². The first-order valence-electron chi connectivity index (χ1n) is 4.94. The van der Waals surface area contributed by atoms with Gasteiger partial charge in [0.25, 0.3) is 0 Å². The number of rotatable bonds is 2. The molecule has 0 aliphatic rings. The van der Waals surface area contributed by atoms with Crippen molar-refractivity contribution < 1.29 is 4.79 Å². The molecule has 3 N–H and O–H groups in total. The lowest BCUT2D eigenvalue weighted by Gasteiger charge is -2.06. The molecule has 0 radical (unpaired) electrons. The summed E-state index contributed by atoms with van der Waals surface area (Å²) in [5.74, 6) is 0. The lowest BCUT2D eigenvalue weighted by molar-refractivity contribution is 0.259. The summed E-state index contributed by atoms with van der Waals surface area (Å²) in [5, 5.41) is 2.86. The number of nitrogens with one attached hydrogen (secondary N) is 1. The van der Waals surface area contributed by atoms with Crippen molar-refractivity contribution in [3.63, 3.8) is 0 Å². The van der Waals surface area contributed by atoms with Crippen molar-refractivity contribution in [2.45, 2.75) is 0 Å². The van der Waals surface area contributed by atoms with E-state index < -0.39 is 6.03 Å². The van der Waals surface area contributed by atoms with Crippen LogP contribution in [0.3, 0.4) is 0 Å². The molecule has 17 heavy (non-hydrogen) atoms. The van der Waals surface area contributed by atoms with E-state index in [-0.39, 0.29) is 0 Å². The zero-order valence-electron chi connectivity index (χ0n) is 8.85. The van der Waals surface area contributed by atoms with Gasteiger partial charge in [-0.25, -0.2) is 4.79 Å². The van der Waals surface area contributed by atoms with Gasteiger partial charge < -0.3 is 11.1 Å². The largest absolute Gasteiger partial charge is 0.351 e. The van der Waals surface area contributed by atoms with Gasteiger partial charge in [-0.3, -0.25) is 4.98 Å². The van der Waals surface area contributed by atoms with Crippen LogP contribution in [0, 0.1) is 0 Å². The van der Waals surface area contributed by atoms with Crippen LogP contribution in [0.25, 0.3) is 11.3 Å². The van der Waals surface area contributed by atoms with Crippen molar-refractivity contribution >= 4 is 23.3 Å². The Balaban J connectivity index is 2.34. The van der Waals surface area contributed by atoms with Crippen LogP contribution in [-0.2, 0) is 0 Å². The monoisotopic (exact) mass is 247 g/mol. The molecule has 1 heterocycles. The third-order valence-corrected chi connectivity index (χ3v) is 2.50. The van der Waals surface area contributed by atoms with Crippen molar-refractivity contribution in [1.29, 1.82) is 0 Å². The molecule has 0 atom stereocenters. The van der Waals surface area contributed by atoms with Gasteiger partial charge in [-0.2, -0.15) is 0 Å². The second kappa shape index (κ2) is 4.84. The molecule has 0 saturated carbocycles. The maximum Gasteiger partial charge on any atom is 0.316 e. The number of benzene rings is 1.